The maximum absolute atomic E-state index is 10.8. The molecule has 0 radical (unpaired) electrons. The third kappa shape index (κ3) is 1.56. The van der Waals surface area contributed by atoms with Crippen LogP contribution >= 0.6 is 0 Å². The van der Waals surface area contributed by atoms with Gasteiger partial charge in [-0.2, -0.15) is 0 Å². The second kappa shape index (κ2) is 3.33. The molecule has 16 heavy (non-hydrogen) atoms. The van der Waals surface area contributed by atoms with Crippen LogP contribution in [0.1, 0.15) is 18.5 Å². The number of para-hydroxylation sites is 1. The molecule has 2 aromatic rings. The van der Waals surface area contributed by atoms with E-state index in [9.17, 15) is 10.1 Å². The topological polar surface area (TPSA) is 58.9 Å². The van der Waals surface area contributed by atoms with Crippen LogP contribution in [0.25, 0.3) is 10.9 Å². The Morgan fingerprint density at radius 2 is 2.25 bits per heavy atom. The summed E-state index contributed by atoms with van der Waals surface area (Å²) in [6, 6.07) is 7.21. The molecule has 0 atom stereocenters. The fourth-order valence-electron chi connectivity index (χ4n) is 2.09. The molecule has 0 unspecified atom stereocenters. The zero-order valence-corrected chi connectivity index (χ0v) is 8.77. The lowest BCUT2D eigenvalue weighted by atomic mass is 10.2. The van der Waals surface area contributed by atoms with Gasteiger partial charge >= 0.3 is 0 Å². The number of aromatic amines is 1. The lowest BCUT2D eigenvalue weighted by molar-refractivity contribution is -0.383. The van der Waals surface area contributed by atoms with Gasteiger partial charge in [0.2, 0.25) is 0 Å². The van der Waals surface area contributed by atoms with Gasteiger partial charge in [0.25, 0.3) is 5.69 Å². The first-order valence-electron chi connectivity index (χ1n) is 5.49. The Kier molecular flexibility index (Phi) is 1.96. The first-order chi connectivity index (χ1) is 7.74. The SMILES string of the molecule is O=[N+]([O-])c1cccc2cc(CC3CC3)[nH]c12. The van der Waals surface area contributed by atoms with Gasteiger partial charge in [-0.1, -0.05) is 12.1 Å². The van der Waals surface area contributed by atoms with E-state index in [0.717, 1.165) is 23.4 Å². The van der Waals surface area contributed by atoms with Crippen molar-refractivity contribution >= 4 is 16.6 Å². The van der Waals surface area contributed by atoms with Crippen LogP contribution in [-0.4, -0.2) is 9.91 Å². The molecule has 1 aliphatic carbocycles. The average molecular weight is 216 g/mol. The van der Waals surface area contributed by atoms with Crippen LogP contribution in [0.4, 0.5) is 5.69 Å². The maximum Gasteiger partial charge on any atom is 0.293 e. The Labute approximate surface area is 92.4 Å². The van der Waals surface area contributed by atoms with Crippen LogP contribution in [0.5, 0.6) is 0 Å². The van der Waals surface area contributed by atoms with Crippen LogP contribution in [0, 0.1) is 16.0 Å². The van der Waals surface area contributed by atoms with Crippen LogP contribution < -0.4 is 0 Å². The van der Waals surface area contributed by atoms with Crippen molar-refractivity contribution in [3.8, 4) is 0 Å². The third-order valence-electron chi connectivity index (χ3n) is 3.09. The molecule has 1 N–H and O–H groups in total. The minimum Gasteiger partial charge on any atom is -0.353 e. The molecule has 82 valence electrons. The molecule has 0 saturated heterocycles. The van der Waals surface area contributed by atoms with E-state index >= 15 is 0 Å². The minimum atomic E-state index is -0.334. The molecule has 1 heterocycles. The molecule has 1 aromatic heterocycles. The molecule has 4 nitrogen and oxygen atoms in total. The Morgan fingerprint density at radius 1 is 1.44 bits per heavy atom. The third-order valence-corrected chi connectivity index (χ3v) is 3.09. The number of hydrogen-bond donors (Lipinski definition) is 1. The Bertz CT molecular complexity index is 555. The number of H-pyrrole nitrogens is 1. The van der Waals surface area contributed by atoms with Crippen molar-refractivity contribution in [2.24, 2.45) is 5.92 Å². The van der Waals surface area contributed by atoms with E-state index in [-0.39, 0.29) is 10.6 Å². The summed E-state index contributed by atoms with van der Waals surface area (Å²) in [4.78, 5) is 13.7. The van der Waals surface area contributed by atoms with E-state index in [2.05, 4.69) is 4.98 Å². The number of non-ortho nitro benzene ring substituents is 1. The highest BCUT2D eigenvalue weighted by Gasteiger charge is 2.23. The molecule has 0 spiro atoms. The van der Waals surface area contributed by atoms with Gasteiger partial charge in [-0.25, -0.2) is 0 Å². The maximum atomic E-state index is 10.8. The number of nitro benzene ring substituents is 1. The number of nitro groups is 1. The van der Waals surface area contributed by atoms with Crippen molar-refractivity contribution < 1.29 is 4.92 Å². The molecule has 1 saturated carbocycles. The molecular formula is C12H12N2O2. The zero-order valence-electron chi connectivity index (χ0n) is 8.77. The summed E-state index contributed by atoms with van der Waals surface area (Å²) in [7, 11) is 0. The van der Waals surface area contributed by atoms with Crippen LogP contribution in [0.3, 0.4) is 0 Å². The zero-order chi connectivity index (χ0) is 11.1. The first kappa shape index (κ1) is 9.39. The summed E-state index contributed by atoms with van der Waals surface area (Å²) >= 11 is 0. The quantitative estimate of drug-likeness (QED) is 0.633. The summed E-state index contributed by atoms with van der Waals surface area (Å²) in [5.74, 6) is 0.784. The van der Waals surface area contributed by atoms with Crippen LogP contribution in [0.2, 0.25) is 0 Å². The van der Waals surface area contributed by atoms with E-state index in [4.69, 9.17) is 0 Å². The predicted molar refractivity (Wildman–Crippen MR) is 61.4 cm³/mol. The number of nitrogens with zero attached hydrogens (tertiary/aromatic N) is 1. The van der Waals surface area contributed by atoms with Gasteiger partial charge < -0.3 is 4.98 Å². The van der Waals surface area contributed by atoms with Gasteiger partial charge in [0, 0.05) is 17.1 Å². The largest absolute Gasteiger partial charge is 0.353 e. The summed E-state index contributed by atoms with van der Waals surface area (Å²) in [5.41, 5.74) is 1.94. The molecule has 1 aromatic carbocycles. The highest BCUT2D eigenvalue weighted by atomic mass is 16.6. The number of hydrogen-bond acceptors (Lipinski definition) is 2. The average Bonchev–Trinajstić information content (AvgIpc) is 2.95. The highest BCUT2D eigenvalue weighted by Crippen LogP contribution is 2.34. The van der Waals surface area contributed by atoms with Gasteiger partial charge in [-0.15, -0.1) is 0 Å². The summed E-state index contributed by atoms with van der Waals surface area (Å²) in [5, 5.41) is 11.8. The fourth-order valence-corrected chi connectivity index (χ4v) is 2.09. The smallest absolute Gasteiger partial charge is 0.293 e. The molecule has 0 bridgehead atoms. The lowest BCUT2D eigenvalue weighted by Gasteiger charge is -1.93. The second-order valence-electron chi connectivity index (χ2n) is 4.44. The summed E-state index contributed by atoms with van der Waals surface area (Å²) < 4.78 is 0. The van der Waals surface area contributed by atoms with Crippen molar-refractivity contribution in [3.63, 3.8) is 0 Å². The standard InChI is InChI=1S/C12H12N2O2/c15-14(16)11-3-1-2-9-7-10(13-12(9)11)6-8-4-5-8/h1-3,7-8,13H,4-6H2. The van der Waals surface area contributed by atoms with Gasteiger partial charge in [0.1, 0.15) is 5.52 Å². The van der Waals surface area contributed by atoms with E-state index < -0.39 is 0 Å². The molecule has 0 amide bonds. The fraction of sp³-hybridized carbons (Fsp3) is 0.333. The van der Waals surface area contributed by atoms with E-state index in [0.29, 0.717) is 5.52 Å². The van der Waals surface area contributed by atoms with Gasteiger partial charge in [0.05, 0.1) is 4.92 Å². The molecule has 1 fully saturated rings. The Hall–Kier alpha value is -1.84. The van der Waals surface area contributed by atoms with E-state index in [1.807, 2.05) is 12.1 Å². The van der Waals surface area contributed by atoms with Gasteiger partial charge in [-0.05, 0) is 31.2 Å². The molecule has 0 aliphatic heterocycles. The van der Waals surface area contributed by atoms with Crippen LogP contribution in [0.15, 0.2) is 24.3 Å². The molecule has 4 heteroatoms. The number of aromatic nitrogens is 1. The number of fused-ring (bicyclic) bond motifs is 1. The van der Waals surface area contributed by atoms with E-state index in [1.165, 1.54) is 12.8 Å². The number of rotatable bonds is 3. The number of benzene rings is 1. The summed E-state index contributed by atoms with van der Waals surface area (Å²) in [6.45, 7) is 0. The van der Waals surface area contributed by atoms with E-state index in [1.54, 1.807) is 12.1 Å². The van der Waals surface area contributed by atoms with Crippen molar-refractivity contribution in [2.75, 3.05) is 0 Å². The highest BCUT2D eigenvalue weighted by molar-refractivity contribution is 5.88. The lowest BCUT2D eigenvalue weighted by Crippen LogP contribution is -1.89. The first-order valence-corrected chi connectivity index (χ1v) is 5.49. The molecule has 3 rings (SSSR count). The van der Waals surface area contributed by atoms with Crippen molar-refractivity contribution in [1.82, 2.24) is 4.98 Å². The number of nitrogens with one attached hydrogen (secondary N) is 1. The van der Waals surface area contributed by atoms with Crippen molar-refractivity contribution in [1.29, 1.82) is 0 Å². The normalized spacial score (nSPS) is 15.5. The van der Waals surface area contributed by atoms with Crippen molar-refractivity contribution in [2.45, 2.75) is 19.3 Å². The monoisotopic (exact) mass is 216 g/mol. The predicted octanol–water partition coefficient (Wildman–Crippen LogP) is 3.03. The Balaban J connectivity index is 2.07. The summed E-state index contributed by atoms with van der Waals surface area (Å²) in [6.07, 6.45) is 3.60. The second-order valence-corrected chi connectivity index (χ2v) is 4.44. The molecular weight excluding hydrogens is 204 g/mol. The Morgan fingerprint density at radius 3 is 2.94 bits per heavy atom. The van der Waals surface area contributed by atoms with Gasteiger partial charge in [-0.3, -0.25) is 10.1 Å². The minimum absolute atomic E-state index is 0.166. The van der Waals surface area contributed by atoms with Crippen LogP contribution in [-0.2, 0) is 6.42 Å². The van der Waals surface area contributed by atoms with Crippen molar-refractivity contribution in [3.05, 3.63) is 40.1 Å². The van der Waals surface area contributed by atoms with Gasteiger partial charge in [0.15, 0.2) is 0 Å². The molecule has 1 aliphatic rings.